The third-order valence-electron chi connectivity index (χ3n) is 4.02. The van der Waals surface area contributed by atoms with E-state index in [1.165, 1.54) is 24.8 Å². The summed E-state index contributed by atoms with van der Waals surface area (Å²) in [5.41, 5.74) is 1.19. The van der Waals surface area contributed by atoms with Gasteiger partial charge in [0.1, 0.15) is 0 Å². The molecule has 0 atom stereocenters. The van der Waals surface area contributed by atoms with Gasteiger partial charge in [-0.1, -0.05) is 63.4 Å². The summed E-state index contributed by atoms with van der Waals surface area (Å²) in [6.45, 7) is 5.81. The van der Waals surface area contributed by atoms with Gasteiger partial charge in [0.2, 0.25) is 0 Å². The molecule has 0 heterocycles. The van der Waals surface area contributed by atoms with Crippen LogP contribution in [0.4, 0.5) is 4.79 Å². The van der Waals surface area contributed by atoms with Gasteiger partial charge in [0.25, 0.3) is 0 Å². The number of benzene rings is 1. The Bertz CT molecular complexity index is 424. The number of urea groups is 1. The zero-order valence-corrected chi connectivity index (χ0v) is 13.3. The highest BCUT2D eigenvalue weighted by Gasteiger charge is 2.20. The van der Waals surface area contributed by atoms with Crippen molar-refractivity contribution in [2.45, 2.75) is 58.5 Å². The van der Waals surface area contributed by atoms with Crippen molar-refractivity contribution in [3.8, 4) is 0 Å². The van der Waals surface area contributed by atoms with Crippen LogP contribution in [-0.4, -0.2) is 23.5 Å². The van der Waals surface area contributed by atoms with E-state index >= 15 is 0 Å². The molecule has 1 aliphatic carbocycles. The maximum Gasteiger partial charge on any atom is 0.317 e. The first-order valence-corrected chi connectivity index (χ1v) is 8.24. The molecule has 0 bridgehead atoms. The van der Waals surface area contributed by atoms with E-state index < -0.39 is 0 Å². The summed E-state index contributed by atoms with van der Waals surface area (Å²) < 4.78 is 0. The van der Waals surface area contributed by atoms with Gasteiger partial charge < -0.3 is 10.2 Å². The fraction of sp³-hybridized carbons (Fsp3) is 0.611. The highest BCUT2D eigenvalue weighted by molar-refractivity contribution is 5.74. The molecule has 1 aliphatic rings. The Hall–Kier alpha value is -1.51. The lowest BCUT2D eigenvalue weighted by Gasteiger charge is -2.29. The van der Waals surface area contributed by atoms with Crippen LogP contribution in [-0.2, 0) is 6.54 Å². The van der Waals surface area contributed by atoms with Crippen molar-refractivity contribution in [3.05, 3.63) is 35.9 Å². The summed E-state index contributed by atoms with van der Waals surface area (Å²) in [4.78, 5) is 14.5. The smallest absolute Gasteiger partial charge is 0.317 e. The van der Waals surface area contributed by atoms with Crippen LogP contribution in [0.5, 0.6) is 0 Å². The minimum absolute atomic E-state index is 0.0967. The predicted octanol–water partition coefficient (Wildman–Crippen LogP) is 4.19. The molecule has 3 nitrogen and oxygen atoms in total. The largest absolute Gasteiger partial charge is 0.335 e. The van der Waals surface area contributed by atoms with Gasteiger partial charge in [-0.2, -0.15) is 0 Å². The summed E-state index contributed by atoms with van der Waals surface area (Å²) in [6, 6.07) is 10.7. The molecule has 2 rings (SSSR count). The second kappa shape index (κ2) is 8.06. The summed E-state index contributed by atoms with van der Waals surface area (Å²) >= 11 is 0. The van der Waals surface area contributed by atoms with Gasteiger partial charge in [-0.3, -0.25) is 0 Å². The van der Waals surface area contributed by atoms with E-state index in [2.05, 4.69) is 31.3 Å². The van der Waals surface area contributed by atoms with E-state index in [0.717, 1.165) is 19.4 Å². The molecule has 1 aromatic rings. The summed E-state index contributed by atoms with van der Waals surface area (Å²) in [6.07, 6.45) is 6.06. The molecule has 1 N–H and O–H groups in total. The predicted molar refractivity (Wildman–Crippen MR) is 87.1 cm³/mol. The lowest BCUT2D eigenvalue weighted by Crippen LogP contribution is -2.46. The minimum atomic E-state index is 0.0967. The molecule has 0 unspecified atom stereocenters. The molecule has 1 aromatic carbocycles. The quantitative estimate of drug-likeness (QED) is 0.866. The maximum atomic E-state index is 12.6. The molecule has 3 heteroatoms. The fourth-order valence-corrected chi connectivity index (χ4v) is 2.98. The van der Waals surface area contributed by atoms with Crippen molar-refractivity contribution in [3.63, 3.8) is 0 Å². The van der Waals surface area contributed by atoms with Gasteiger partial charge in [-0.25, -0.2) is 4.79 Å². The number of hydrogen-bond acceptors (Lipinski definition) is 1. The average molecular weight is 288 g/mol. The molecule has 116 valence electrons. The number of nitrogens with zero attached hydrogens (tertiary/aromatic N) is 1. The third kappa shape index (κ3) is 5.41. The van der Waals surface area contributed by atoms with Crippen LogP contribution in [0, 0.1) is 5.92 Å². The van der Waals surface area contributed by atoms with E-state index in [4.69, 9.17) is 0 Å². The first-order valence-electron chi connectivity index (χ1n) is 8.24. The number of nitrogens with one attached hydrogen (secondary N) is 1. The van der Waals surface area contributed by atoms with Crippen LogP contribution >= 0.6 is 0 Å². The van der Waals surface area contributed by atoms with Crippen molar-refractivity contribution in [1.29, 1.82) is 0 Å². The van der Waals surface area contributed by atoms with Crippen LogP contribution in [0.1, 0.15) is 51.5 Å². The molecule has 0 aromatic heterocycles. The zero-order chi connectivity index (χ0) is 15.1. The van der Waals surface area contributed by atoms with Gasteiger partial charge in [0.15, 0.2) is 0 Å². The van der Waals surface area contributed by atoms with Gasteiger partial charge in [-0.15, -0.1) is 0 Å². The Labute approximate surface area is 128 Å². The molecule has 0 radical (unpaired) electrons. The third-order valence-corrected chi connectivity index (χ3v) is 4.02. The van der Waals surface area contributed by atoms with Crippen LogP contribution in [0.3, 0.4) is 0 Å². The van der Waals surface area contributed by atoms with Crippen LogP contribution in [0.25, 0.3) is 0 Å². The van der Waals surface area contributed by atoms with E-state index in [9.17, 15) is 4.79 Å². The Kier molecular flexibility index (Phi) is 6.09. The molecule has 0 spiro atoms. The first kappa shape index (κ1) is 15.9. The number of amides is 2. The van der Waals surface area contributed by atoms with Crippen molar-refractivity contribution in [1.82, 2.24) is 10.2 Å². The van der Waals surface area contributed by atoms with Crippen LogP contribution in [0.2, 0.25) is 0 Å². The van der Waals surface area contributed by atoms with E-state index in [-0.39, 0.29) is 6.03 Å². The van der Waals surface area contributed by atoms with Crippen molar-refractivity contribution >= 4 is 6.03 Å². The Morgan fingerprint density at radius 1 is 1.19 bits per heavy atom. The maximum absolute atomic E-state index is 12.6. The monoisotopic (exact) mass is 288 g/mol. The standard InChI is InChI=1S/C18H28N2O/c1-15(2)13-20(14-16-9-5-3-6-10-16)18(21)19-17-11-7-4-8-12-17/h3,5-6,9-10,15,17H,4,7-8,11-14H2,1-2H3,(H,19,21). The van der Waals surface area contributed by atoms with Crippen molar-refractivity contribution in [2.24, 2.45) is 5.92 Å². The number of rotatable bonds is 5. The number of carbonyl (C=O) groups is 1. The molecule has 21 heavy (non-hydrogen) atoms. The Morgan fingerprint density at radius 3 is 2.48 bits per heavy atom. The lowest BCUT2D eigenvalue weighted by atomic mass is 9.96. The van der Waals surface area contributed by atoms with Crippen molar-refractivity contribution in [2.75, 3.05) is 6.54 Å². The number of hydrogen-bond donors (Lipinski definition) is 1. The lowest BCUT2D eigenvalue weighted by molar-refractivity contribution is 0.180. The van der Waals surface area contributed by atoms with E-state index in [1.54, 1.807) is 0 Å². The molecule has 0 aliphatic heterocycles. The fourth-order valence-electron chi connectivity index (χ4n) is 2.98. The SMILES string of the molecule is CC(C)CN(Cc1ccccc1)C(=O)NC1CCCCC1. The van der Waals surface area contributed by atoms with Gasteiger partial charge in [-0.05, 0) is 24.3 Å². The van der Waals surface area contributed by atoms with Crippen LogP contribution < -0.4 is 5.32 Å². The molecular weight excluding hydrogens is 260 g/mol. The normalized spacial score (nSPS) is 16.0. The Balaban J connectivity index is 1.95. The van der Waals surface area contributed by atoms with Crippen molar-refractivity contribution < 1.29 is 4.79 Å². The topological polar surface area (TPSA) is 32.3 Å². The van der Waals surface area contributed by atoms with Gasteiger partial charge >= 0.3 is 6.03 Å². The molecule has 1 saturated carbocycles. The minimum Gasteiger partial charge on any atom is -0.335 e. The second-order valence-electron chi connectivity index (χ2n) is 6.54. The summed E-state index contributed by atoms with van der Waals surface area (Å²) in [5.74, 6) is 0.478. The van der Waals surface area contributed by atoms with Gasteiger partial charge in [0, 0.05) is 19.1 Å². The van der Waals surface area contributed by atoms with E-state index in [1.807, 2.05) is 23.1 Å². The molecular formula is C18H28N2O. The summed E-state index contributed by atoms with van der Waals surface area (Å²) in [7, 11) is 0. The average Bonchev–Trinajstić information content (AvgIpc) is 2.48. The molecule has 2 amide bonds. The van der Waals surface area contributed by atoms with Crippen LogP contribution in [0.15, 0.2) is 30.3 Å². The second-order valence-corrected chi connectivity index (χ2v) is 6.54. The molecule has 1 fully saturated rings. The van der Waals surface area contributed by atoms with E-state index in [0.29, 0.717) is 18.5 Å². The highest BCUT2D eigenvalue weighted by atomic mass is 16.2. The Morgan fingerprint density at radius 2 is 1.86 bits per heavy atom. The van der Waals surface area contributed by atoms with Gasteiger partial charge in [0.05, 0.1) is 0 Å². The summed E-state index contributed by atoms with van der Waals surface area (Å²) in [5, 5.41) is 3.23. The first-order chi connectivity index (χ1) is 10.1. The zero-order valence-electron chi connectivity index (χ0n) is 13.3. The number of carbonyl (C=O) groups excluding carboxylic acids is 1. The molecule has 0 saturated heterocycles. The highest BCUT2D eigenvalue weighted by Crippen LogP contribution is 2.18.